The van der Waals surface area contributed by atoms with Crippen LogP contribution in [0.25, 0.3) is 0 Å². The van der Waals surface area contributed by atoms with Gasteiger partial charge >= 0.3 is 0 Å². The Kier molecular flexibility index (Phi) is 7.18. The Labute approximate surface area is 129 Å². The summed E-state index contributed by atoms with van der Waals surface area (Å²) in [5, 5.41) is 7.28. The number of nitrogens with zero attached hydrogens (tertiary/aromatic N) is 3. The van der Waals surface area contributed by atoms with E-state index < -0.39 is 0 Å². The van der Waals surface area contributed by atoms with Gasteiger partial charge in [0.25, 0.3) is 5.56 Å². The topological polar surface area (TPSA) is 93.2 Å². The summed E-state index contributed by atoms with van der Waals surface area (Å²) in [5.41, 5.74) is 5.27. The molecular formula is C13H22ClN5O2. The smallest absolute Gasteiger partial charge is 0.287 e. The van der Waals surface area contributed by atoms with Crippen molar-refractivity contribution < 1.29 is 4.79 Å². The number of nitrogens with one attached hydrogen (secondary N) is 1. The van der Waals surface area contributed by atoms with Crippen molar-refractivity contribution in [1.29, 1.82) is 0 Å². The van der Waals surface area contributed by atoms with E-state index in [1.54, 1.807) is 6.20 Å². The number of unbranched alkanes of at least 4 members (excludes halogenated alkanes) is 1. The van der Waals surface area contributed by atoms with E-state index in [9.17, 15) is 9.59 Å². The van der Waals surface area contributed by atoms with Gasteiger partial charge in [0.2, 0.25) is 5.91 Å². The van der Waals surface area contributed by atoms with E-state index >= 15 is 0 Å². The Balaban J connectivity index is 2.55. The first-order valence-corrected chi connectivity index (χ1v) is 7.22. The molecule has 0 atom stereocenters. The molecule has 0 radical (unpaired) electrons. The van der Waals surface area contributed by atoms with E-state index in [1.165, 1.54) is 4.68 Å². The number of aromatic nitrogens is 2. The second-order valence-corrected chi connectivity index (χ2v) is 5.43. The van der Waals surface area contributed by atoms with Gasteiger partial charge < -0.3 is 16.0 Å². The van der Waals surface area contributed by atoms with Gasteiger partial charge in [0.15, 0.2) is 0 Å². The van der Waals surface area contributed by atoms with E-state index in [1.807, 2.05) is 19.0 Å². The molecule has 0 fully saturated rings. The van der Waals surface area contributed by atoms with Crippen molar-refractivity contribution in [3.63, 3.8) is 0 Å². The van der Waals surface area contributed by atoms with Gasteiger partial charge in [0.05, 0.1) is 18.4 Å². The number of nitrogens with two attached hydrogens (primary N) is 1. The second-order valence-electron chi connectivity index (χ2n) is 5.05. The molecule has 0 aromatic carbocycles. The van der Waals surface area contributed by atoms with Crippen LogP contribution in [-0.2, 0) is 11.3 Å². The number of likely N-dealkylation sites (N-methyl/N-ethyl adjacent to an activating group) is 1. The number of primary amides is 1. The van der Waals surface area contributed by atoms with Gasteiger partial charge in [-0.05, 0) is 26.9 Å². The van der Waals surface area contributed by atoms with Gasteiger partial charge in [-0.15, -0.1) is 0 Å². The van der Waals surface area contributed by atoms with Crippen LogP contribution in [0, 0.1) is 0 Å². The highest BCUT2D eigenvalue weighted by molar-refractivity contribution is 6.32. The summed E-state index contributed by atoms with van der Waals surface area (Å²) in [4.78, 5) is 24.6. The predicted molar refractivity (Wildman–Crippen MR) is 83.6 cm³/mol. The highest BCUT2D eigenvalue weighted by Gasteiger charge is 2.09. The van der Waals surface area contributed by atoms with Crippen molar-refractivity contribution in [2.75, 3.05) is 32.5 Å². The van der Waals surface area contributed by atoms with Crippen LogP contribution in [0.5, 0.6) is 0 Å². The predicted octanol–water partition coefficient (Wildman–Crippen LogP) is 0.526. The maximum atomic E-state index is 12.0. The first kappa shape index (κ1) is 17.5. The number of carbonyl (C=O) groups is 1. The summed E-state index contributed by atoms with van der Waals surface area (Å²) in [6.07, 6.45) is 3.38. The van der Waals surface area contributed by atoms with Crippen molar-refractivity contribution in [3.05, 3.63) is 21.6 Å². The first-order valence-electron chi connectivity index (χ1n) is 6.84. The zero-order valence-electron chi connectivity index (χ0n) is 12.4. The summed E-state index contributed by atoms with van der Waals surface area (Å²) in [6.45, 7) is 1.81. The lowest BCUT2D eigenvalue weighted by Gasteiger charge is -2.12. The average Bonchev–Trinajstić information content (AvgIpc) is 2.41. The molecule has 0 unspecified atom stereocenters. The summed E-state index contributed by atoms with van der Waals surface area (Å²) in [6, 6.07) is 0. The first-order chi connectivity index (χ1) is 9.91. The molecule has 21 heavy (non-hydrogen) atoms. The SMILES string of the molecule is CN(C)CCn1ncc(NCCCCC(N)=O)c(Cl)c1=O. The Morgan fingerprint density at radius 1 is 1.48 bits per heavy atom. The minimum atomic E-state index is -0.307. The molecule has 0 aliphatic heterocycles. The maximum Gasteiger partial charge on any atom is 0.287 e. The number of hydrogen-bond donors (Lipinski definition) is 2. The molecule has 0 bridgehead atoms. The maximum absolute atomic E-state index is 12.0. The fourth-order valence-electron chi connectivity index (χ4n) is 1.69. The molecule has 1 heterocycles. The van der Waals surface area contributed by atoms with Crippen molar-refractivity contribution >= 4 is 23.2 Å². The summed E-state index contributed by atoms with van der Waals surface area (Å²) in [7, 11) is 3.85. The standard InChI is InChI=1S/C13H22ClN5O2/c1-18(2)7-8-19-13(21)12(14)10(9-17-19)16-6-4-3-5-11(15)20/h9,16H,3-8H2,1-2H3,(H2,15,20). The average molecular weight is 316 g/mol. The van der Waals surface area contributed by atoms with Crippen LogP contribution < -0.4 is 16.6 Å². The molecular weight excluding hydrogens is 294 g/mol. The molecule has 1 amide bonds. The Morgan fingerprint density at radius 2 is 2.19 bits per heavy atom. The van der Waals surface area contributed by atoms with Gasteiger partial charge in [-0.1, -0.05) is 11.6 Å². The Morgan fingerprint density at radius 3 is 2.81 bits per heavy atom. The van der Waals surface area contributed by atoms with Crippen LogP contribution in [-0.4, -0.2) is 47.8 Å². The summed E-state index contributed by atoms with van der Waals surface area (Å²) < 4.78 is 1.35. The molecule has 0 saturated carbocycles. The van der Waals surface area contributed by atoms with E-state index in [0.717, 1.165) is 6.42 Å². The van der Waals surface area contributed by atoms with E-state index in [2.05, 4.69) is 10.4 Å². The van der Waals surface area contributed by atoms with Crippen LogP contribution in [0.2, 0.25) is 5.02 Å². The normalized spacial score (nSPS) is 10.9. The number of carbonyl (C=O) groups excluding carboxylic acids is 1. The van der Waals surface area contributed by atoms with Gasteiger partial charge in [-0.25, -0.2) is 4.68 Å². The number of hydrogen-bond acceptors (Lipinski definition) is 5. The van der Waals surface area contributed by atoms with Gasteiger partial charge in [-0.2, -0.15) is 5.10 Å². The molecule has 1 rings (SSSR count). The zero-order chi connectivity index (χ0) is 15.8. The number of amides is 1. The molecule has 0 spiro atoms. The van der Waals surface area contributed by atoms with E-state index in [4.69, 9.17) is 17.3 Å². The zero-order valence-corrected chi connectivity index (χ0v) is 13.2. The number of halogens is 1. The monoisotopic (exact) mass is 315 g/mol. The molecule has 1 aromatic heterocycles. The highest BCUT2D eigenvalue weighted by atomic mass is 35.5. The quantitative estimate of drug-likeness (QED) is 0.648. The lowest BCUT2D eigenvalue weighted by atomic mass is 10.2. The van der Waals surface area contributed by atoms with Gasteiger partial charge in [0.1, 0.15) is 5.02 Å². The molecule has 0 aliphatic carbocycles. The van der Waals surface area contributed by atoms with E-state index in [-0.39, 0.29) is 16.5 Å². The fraction of sp³-hybridized carbons (Fsp3) is 0.615. The van der Waals surface area contributed by atoms with Crippen LogP contribution in [0.15, 0.2) is 11.0 Å². The van der Waals surface area contributed by atoms with E-state index in [0.29, 0.717) is 38.2 Å². The fourth-order valence-corrected chi connectivity index (χ4v) is 1.90. The third kappa shape index (κ3) is 6.14. The van der Waals surface area contributed by atoms with Crippen LogP contribution in [0.1, 0.15) is 19.3 Å². The van der Waals surface area contributed by atoms with Crippen LogP contribution in [0.3, 0.4) is 0 Å². The van der Waals surface area contributed by atoms with Crippen LogP contribution >= 0.6 is 11.6 Å². The molecule has 0 saturated heterocycles. The summed E-state index contributed by atoms with van der Waals surface area (Å²) >= 11 is 6.05. The number of anilines is 1. The largest absolute Gasteiger partial charge is 0.382 e. The lowest BCUT2D eigenvalue weighted by Crippen LogP contribution is -2.29. The Bertz CT molecular complexity index is 530. The van der Waals surface area contributed by atoms with Crippen molar-refractivity contribution in [2.45, 2.75) is 25.8 Å². The molecule has 3 N–H and O–H groups in total. The lowest BCUT2D eigenvalue weighted by molar-refractivity contribution is -0.118. The van der Waals surface area contributed by atoms with Gasteiger partial charge in [0, 0.05) is 19.5 Å². The Hall–Kier alpha value is -1.60. The second kappa shape index (κ2) is 8.63. The van der Waals surface area contributed by atoms with Crippen LogP contribution in [0.4, 0.5) is 5.69 Å². The molecule has 0 aliphatic rings. The molecule has 8 heteroatoms. The highest BCUT2D eigenvalue weighted by Crippen LogP contribution is 2.15. The molecule has 7 nitrogen and oxygen atoms in total. The molecule has 1 aromatic rings. The third-order valence-corrected chi connectivity index (χ3v) is 3.27. The van der Waals surface area contributed by atoms with Crippen molar-refractivity contribution in [3.8, 4) is 0 Å². The minimum absolute atomic E-state index is 0.138. The minimum Gasteiger partial charge on any atom is -0.382 e. The third-order valence-electron chi connectivity index (χ3n) is 2.91. The molecule has 118 valence electrons. The van der Waals surface area contributed by atoms with Gasteiger partial charge in [-0.3, -0.25) is 9.59 Å². The van der Waals surface area contributed by atoms with Crippen molar-refractivity contribution in [2.24, 2.45) is 5.73 Å². The number of rotatable bonds is 9. The summed E-state index contributed by atoms with van der Waals surface area (Å²) in [5.74, 6) is -0.307. The van der Waals surface area contributed by atoms with Crippen molar-refractivity contribution in [1.82, 2.24) is 14.7 Å².